The molecule has 0 spiro atoms. The SMILES string of the molecule is CCOC(=O)CNC(=O)Nc1ccc2c(c1)C(=O)N(C(C)C)C2=O. The van der Waals surface area contributed by atoms with Gasteiger partial charge in [-0.15, -0.1) is 0 Å². The van der Waals surface area contributed by atoms with Crippen molar-refractivity contribution in [3.63, 3.8) is 0 Å². The van der Waals surface area contributed by atoms with Gasteiger partial charge in [-0.25, -0.2) is 4.79 Å². The van der Waals surface area contributed by atoms with E-state index in [1.165, 1.54) is 23.1 Å². The summed E-state index contributed by atoms with van der Waals surface area (Å²) in [5.74, 6) is -1.28. The topological polar surface area (TPSA) is 105 Å². The van der Waals surface area contributed by atoms with Gasteiger partial charge in [0.15, 0.2) is 0 Å². The molecule has 2 N–H and O–H groups in total. The summed E-state index contributed by atoms with van der Waals surface area (Å²) >= 11 is 0. The molecule has 1 heterocycles. The van der Waals surface area contributed by atoms with Crippen LogP contribution in [0.4, 0.5) is 10.5 Å². The second-order valence-corrected chi connectivity index (χ2v) is 5.45. The van der Waals surface area contributed by atoms with Crippen LogP contribution in [0.3, 0.4) is 0 Å². The molecule has 0 atom stereocenters. The summed E-state index contributed by atoms with van der Waals surface area (Å²) in [6.07, 6.45) is 0. The first-order chi connectivity index (χ1) is 11.3. The standard InChI is InChI=1S/C16H19N3O5/c1-4-24-13(20)8-17-16(23)18-10-5-6-11-12(7-10)15(22)19(9(2)3)14(11)21/h5-7,9H,4,8H2,1-3H3,(H2,17,18,23). The van der Waals surface area contributed by atoms with Crippen molar-refractivity contribution in [2.45, 2.75) is 26.8 Å². The fraction of sp³-hybridized carbons (Fsp3) is 0.375. The van der Waals surface area contributed by atoms with Crippen molar-refractivity contribution in [3.05, 3.63) is 29.3 Å². The molecule has 0 radical (unpaired) electrons. The smallest absolute Gasteiger partial charge is 0.325 e. The number of fused-ring (bicyclic) bond motifs is 1. The van der Waals surface area contributed by atoms with Gasteiger partial charge in [-0.1, -0.05) is 0 Å². The van der Waals surface area contributed by atoms with E-state index in [0.717, 1.165) is 0 Å². The number of nitrogens with one attached hydrogen (secondary N) is 2. The third kappa shape index (κ3) is 3.53. The van der Waals surface area contributed by atoms with Gasteiger partial charge in [0.2, 0.25) is 0 Å². The van der Waals surface area contributed by atoms with Crippen LogP contribution in [0.25, 0.3) is 0 Å². The highest BCUT2D eigenvalue weighted by atomic mass is 16.5. The van der Waals surface area contributed by atoms with Gasteiger partial charge in [0, 0.05) is 11.7 Å². The summed E-state index contributed by atoms with van der Waals surface area (Å²) in [4.78, 5) is 48.6. The molecular formula is C16H19N3O5. The summed E-state index contributed by atoms with van der Waals surface area (Å²) < 4.78 is 4.69. The van der Waals surface area contributed by atoms with E-state index in [1.807, 2.05) is 0 Å². The van der Waals surface area contributed by atoms with Gasteiger partial charge >= 0.3 is 12.0 Å². The highest BCUT2D eigenvalue weighted by molar-refractivity contribution is 6.22. The van der Waals surface area contributed by atoms with Crippen LogP contribution in [0.2, 0.25) is 0 Å². The lowest BCUT2D eigenvalue weighted by molar-refractivity contribution is -0.141. The molecule has 0 fully saturated rings. The van der Waals surface area contributed by atoms with E-state index in [1.54, 1.807) is 20.8 Å². The van der Waals surface area contributed by atoms with Crippen LogP contribution >= 0.6 is 0 Å². The Morgan fingerprint density at radius 3 is 2.46 bits per heavy atom. The van der Waals surface area contributed by atoms with Crippen LogP contribution in [0.15, 0.2) is 18.2 Å². The fourth-order valence-electron chi connectivity index (χ4n) is 2.35. The molecule has 1 aromatic rings. The molecule has 4 amide bonds. The average Bonchev–Trinajstić information content (AvgIpc) is 2.77. The molecule has 128 valence electrons. The molecule has 8 nitrogen and oxygen atoms in total. The predicted octanol–water partition coefficient (Wildman–Crippen LogP) is 1.38. The fourth-order valence-corrected chi connectivity index (χ4v) is 2.35. The zero-order valence-corrected chi connectivity index (χ0v) is 13.7. The molecule has 0 aliphatic carbocycles. The van der Waals surface area contributed by atoms with Crippen molar-refractivity contribution in [3.8, 4) is 0 Å². The van der Waals surface area contributed by atoms with Crippen LogP contribution in [0.1, 0.15) is 41.5 Å². The Morgan fingerprint density at radius 2 is 1.83 bits per heavy atom. The van der Waals surface area contributed by atoms with E-state index < -0.39 is 12.0 Å². The number of amides is 4. The number of benzene rings is 1. The van der Waals surface area contributed by atoms with Crippen molar-refractivity contribution in [1.29, 1.82) is 0 Å². The summed E-state index contributed by atoms with van der Waals surface area (Å²) in [6, 6.07) is 3.61. The number of esters is 1. The summed E-state index contributed by atoms with van der Waals surface area (Å²) in [5.41, 5.74) is 0.907. The van der Waals surface area contributed by atoms with Gasteiger partial charge in [0.05, 0.1) is 17.7 Å². The Labute approximate surface area is 139 Å². The van der Waals surface area contributed by atoms with E-state index in [9.17, 15) is 19.2 Å². The Hall–Kier alpha value is -2.90. The second-order valence-electron chi connectivity index (χ2n) is 5.45. The molecule has 1 aromatic carbocycles. The maximum absolute atomic E-state index is 12.3. The Balaban J connectivity index is 2.05. The van der Waals surface area contributed by atoms with E-state index in [2.05, 4.69) is 10.6 Å². The average molecular weight is 333 g/mol. The Morgan fingerprint density at radius 1 is 1.17 bits per heavy atom. The number of nitrogens with zero attached hydrogens (tertiary/aromatic N) is 1. The normalized spacial score (nSPS) is 13.1. The number of rotatable bonds is 5. The third-order valence-corrected chi connectivity index (χ3v) is 3.39. The number of hydrogen-bond acceptors (Lipinski definition) is 5. The van der Waals surface area contributed by atoms with Gasteiger partial charge in [0.25, 0.3) is 11.8 Å². The molecule has 0 saturated carbocycles. The first-order valence-corrected chi connectivity index (χ1v) is 7.57. The van der Waals surface area contributed by atoms with Crippen LogP contribution in [0.5, 0.6) is 0 Å². The molecule has 0 unspecified atom stereocenters. The number of ether oxygens (including phenoxy) is 1. The lowest BCUT2D eigenvalue weighted by atomic mass is 10.1. The quantitative estimate of drug-likeness (QED) is 0.625. The van der Waals surface area contributed by atoms with Crippen molar-refractivity contribution in [2.75, 3.05) is 18.5 Å². The molecule has 0 saturated heterocycles. The number of carbonyl (C=O) groups excluding carboxylic acids is 4. The highest BCUT2D eigenvalue weighted by Crippen LogP contribution is 2.27. The molecule has 8 heteroatoms. The third-order valence-electron chi connectivity index (χ3n) is 3.39. The van der Waals surface area contributed by atoms with Gasteiger partial charge < -0.3 is 15.4 Å². The lowest BCUT2D eigenvalue weighted by Gasteiger charge is -2.17. The first-order valence-electron chi connectivity index (χ1n) is 7.57. The van der Waals surface area contributed by atoms with Crippen LogP contribution in [0, 0.1) is 0 Å². The van der Waals surface area contributed by atoms with Gasteiger partial charge in [-0.3, -0.25) is 19.3 Å². The number of hydrogen-bond donors (Lipinski definition) is 2. The minimum Gasteiger partial charge on any atom is -0.465 e. The van der Waals surface area contributed by atoms with E-state index >= 15 is 0 Å². The number of carbonyl (C=O) groups is 4. The minimum absolute atomic E-state index is 0.232. The van der Waals surface area contributed by atoms with Gasteiger partial charge in [-0.05, 0) is 39.0 Å². The van der Waals surface area contributed by atoms with Crippen molar-refractivity contribution >= 4 is 29.5 Å². The summed E-state index contributed by atoms with van der Waals surface area (Å²) in [5, 5.41) is 4.85. The van der Waals surface area contributed by atoms with E-state index in [0.29, 0.717) is 11.3 Å². The van der Waals surface area contributed by atoms with Crippen LogP contribution in [-0.2, 0) is 9.53 Å². The first kappa shape index (κ1) is 17.5. The molecule has 0 bridgehead atoms. The monoisotopic (exact) mass is 333 g/mol. The predicted molar refractivity (Wildman–Crippen MR) is 85.7 cm³/mol. The zero-order valence-electron chi connectivity index (χ0n) is 13.7. The van der Waals surface area contributed by atoms with Crippen LogP contribution in [-0.4, -0.2) is 47.9 Å². The van der Waals surface area contributed by atoms with Gasteiger partial charge in [0.1, 0.15) is 6.54 Å². The molecule has 2 rings (SSSR count). The largest absolute Gasteiger partial charge is 0.465 e. The molecular weight excluding hydrogens is 314 g/mol. The number of anilines is 1. The molecule has 1 aliphatic heterocycles. The maximum atomic E-state index is 12.3. The molecule has 24 heavy (non-hydrogen) atoms. The van der Waals surface area contributed by atoms with E-state index in [4.69, 9.17) is 4.74 Å². The molecule has 0 aromatic heterocycles. The number of imide groups is 1. The van der Waals surface area contributed by atoms with Gasteiger partial charge in [-0.2, -0.15) is 0 Å². The summed E-state index contributed by atoms with van der Waals surface area (Å²) in [7, 11) is 0. The number of urea groups is 1. The minimum atomic E-state index is -0.611. The second kappa shape index (κ2) is 7.12. The zero-order chi connectivity index (χ0) is 17.9. The van der Waals surface area contributed by atoms with E-state index in [-0.39, 0.29) is 36.6 Å². The molecule has 1 aliphatic rings. The van der Waals surface area contributed by atoms with Crippen molar-refractivity contribution < 1.29 is 23.9 Å². The van der Waals surface area contributed by atoms with Crippen molar-refractivity contribution in [2.24, 2.45) is 0 Å². The summed E-state index contributed by atoms with van der Waals surface area (Å²) in [6.45, 7) is 5.15. The highest BCUT2D eigenvalue weighted by Gasteiger charge is 2.37. The maximum Gasteiger partial charge on any atom is 0.325 e. The van der Waals surface area contributed by atoms with Crippen LogP contribution < -0.4 is 10.6 Å². The lowest BCUT2D eigenvalue weighted by Crippen LogP contribution is -2.35. The Bertz CT molecular complexity index is 699. The van der Waals surface area contributed by atoms with Crippen molar-refractivity contribution in [1.82, 2.24) is 10.2 Å². The Kier molecular flexibility index (Phi) is 5.18.